The standard InChI is InChI=1S/C12H16N2O5S/c1-6-3-14(4-8(5-15)19-6)12-13-9(11(17)18)10(20-12)7(2)16/h6,8,15H,3-5H2,1-2H3,(H,17,18). The maximum absolute atomic E-state index is 11.5. The van der Waals surface area contributed by atoms with E-state index in [0.717, 1.165) is 11.3 Å². The zero-order chi connectivity index (χ0) is 14.9. The van der Waals surface area contributed by atoms with E-state index in [0.29, 0.717) is 18.2 Å². The van der Waals surface area contributed by atoms with Gasteiger partial charge in [0.05, 0.1) is 18.8 Å². The molecule has 2 unspecified atom stereocenters. The van der Waals surface area contributed by atoms with Gasteiger partial charge in [0.25, 0.3) is 0 Å². The average molecular weight is 300 g/mol. The number of morpholine rings is 1. The molecule has 2 rings (SSSR count). The number of hydrogen-bond donors (Lipinski definition) is 2. The van der Waals surface area contributed by atoms with Crippen LogP contribution in [0.15, 0.2) is 0 Å². The normalized spacial score (nSPS) is 22.9. The molecule has 1 fully saturated rings. The van der Waals surface area contributed by atoms with Crippen LogP contribution in [0, 0.1) is 0 Å². The summed E-state index contributed by atoms with van der Waals surface area (Å²) in [5.74, 6) is -1.52. The van der Waals surface area contributed by atoms with Crippen LogP contribution in [-0.4, -0.2) is 58.9 Å². The Labute approximate surface area is 119 Å². The van der Waals surface area contributed by atoms with Gasteiger partial charge in [-0.3, -0.25) is 4.79 Å². The molecule has 0 bridgehead atoms. The number of carboxylic acid groups (broad SMARTS) is 1. The molecule has 1 aromatic rings. The second-order valence-electron chi connectivity index (χ2n) is 4.69. The molecule has 2 atom stereocenters. The molecule has 1 aliphatic rings. The fraction of sp³-hybridized carbons (Fsp3) is 0.583. The van der Waals surface area contributed by atoms with Crippen molar-refractivity contribution in [3.8, 4) is 0 Å². The highest BCUT2D eigenvalue weighted by molar-refractivity contribution is 7.17. The molecule has 1 aliphatic heterocycles. The largest absolute Gasteiger partial charge is 0.476 e. The maximum atomic E-state index is 11.5. The van der Waals surface area contributed by atoms with Crippen LogP contribution in [0.2, 0.25) is 0 Å². The van der Waals surface area contributed by atoms with Crippen LogP contribution in [0.3, 0.4) is 0 Å². The molecule has 2 heterocycles. The van der Waals surface area contributed by atoms with Gasteiger partial charge in [0.15, 0.2) is 16.6 Å². The Morgan fingerprint density at radius 1 is 1.50 bits per heavy atom. The average Bonchev–Trinajstić information content (AvgIpc) is 2.83. The second kappa shape index (κ2) is 5.86. The van der Waals surface area contributed by atoms with Crippen LogP contribution in [0.1, 0.15) is 34.0 Å². The van der Waals surface area contributed by atoms with Crippen LogP contribution in [-0.2, 0) is 4.74 Å². The first-order valence-electron chi connectivity index (χ1n) is 6.18. The summed E-state index contributed by atoms with van der Waals surface area (Å²) in [5, 5.41) is 18.8. The first kappa shape index (κ1) is 14.9. The van der Waals surface area contributed by atoms with Gasteiger partial charge in [-0.2, -0.15) is 0 Å². The predicted molar refractivity (Wildman–Crippen MR) is 72.7 cm³/mol. The summed E-state index contributed by atoms with van der Waals surface area (Å²) in [6.07, 6.45) is -0.435. The van der Waals surface area contributed by atoms with Crippen molar-refractivity contribution in [2.75, 3.05) is 24.6 Å². The number of aromatic carboxylic acids is 1. The van der Waals surface area contributed by atoms with Crippen molar-refractivity contribution in [3.05, 3.63) is 10.6 Å². The zero-order valence-corrected chi connectivity index (χ0v) is 12.0. The number of carboxylic acids is 1. The summed E-state index contributed by atoms with van der Waals surface area (Å²) < 4.78 is 5.52. The Bertz CT molecular complexity index is 498. The highest BCUT2D eigenvalue weighted by atomic mass is 32.1. The molecular formula is C12H16N2O5S. The monoisotopic (exact) mass is 300 g/mol. The van der Waals surface area contributed by atoms with Crippen LogP contribution < -0.4 is 4.90 Å². The number of carbonyl (C=O) groups excluding carboxylic acids is 1. The van der Waals surface area contributed by atoms with Crippen molar-refractivity contribution in [2.24, 2.45) is 0 Å². The fourth-order valence-electron chi connectivity index (χ4n) is 2.13. The molecule has 0 spiro atoms. The van der Waals surface area contributed by atoms with Gasteiger partial charge >= 0.3 is 5.97 Å². The number of ether oxygens (including phenoxy) is 1. The number of aliphatic hydroxyl groups is 1. The number of thiazole rings is 1. The van der Waals surface area contributed by atoms with E-state index in [-0.39, 0.29) is 35.2 Å². The van der Waals surface area contributed by atoms with Crippen molar-refractivity contribution in [2.45, 2.75) is 26.1 Å². The number of carbonyl (C=O) groups is 2. The van der Waals surface area contributed by atoms with E-state index in [1.54, 1.807) is 0 Å². The van der Waals surface area contributed by atoms with E-state index in [4.69, 9.17) is 9.84 Å². The van der Waals surface area contributed by atoms with Gasteiger partial charge < -0.3 is 19.8 Å². The first-order chi connectivity index (χ1) is 9.42. The molecule has 110 valence electrons. The van der Waals surface area contributed by atoms with E-state index >= 15 is 0 Å². The maximum Gasteiger partial charge on any atom is 0.356 e. The van der Waals surface area contributed by atoms with Gasteiger partial charge in [-0.1, -0.05) is 11.3 Å². The molecule has 0 saturated carbocycles. The Morgan fingerprint density at radius 3 is 2.70 bits per heavy atom. The zero-order valence-electron chi connectivity index (χ0n) is 11.2. The molecule has 1 aromatic heterocycles. The molecule has 7 nitrogen and oxygen atoms in total. The van der Waals surface area contributed by atoms with Crippen LogP contribution in [0.25, 0.3) is 0 Å². The van der Waals surface area contributed by atoms with Gasteiger partial charge in [-0.15, -0.1) is 0 Å². The smallest absolute Gasteiger partial charge is 0.356 e. The molecule has 2 N–H and O–H groups in total. The Hall–Kier alpha value is -1.51. The van der Waals surface area contributed by atoms with E-state index < -0.39 is 5.97 Å². The summed E-state index contributed by atoms with van der Waals surface area (Å²) in [5.41, 5.74) is -0.211. The van der Waals surface area contributed by atoms with Crippen molar-refractivity contribution in [3.63, 3.8) is 0 Å². The van der Waals surface area contributed by atoms with Gasteiger partial charge in [0.2, 0.25) is 0 Å². The first-order valence-corrected chi connectivity index (χ1v) is 7.00. The lowest BCUT2D eigenvalue weighted by Crippen LogP contribution is -2.48. The Kier molecular flexibility index (Phi) is 4.36. The molecule has 0 aliphatic carbocycles. The predicted octanol–water partition coefficient (Wildman–Crippen LogP) is 0.630. The summed E-state index contributed by atoms with van der Waals surface area (Å²) in [7, 11) is 0. The summed E-state index contributed by atoms with van der Waals surface area (Å²) >= 11 is 1.06. The highest BCUT2D eigenvalue weighted by Gasteiger charge is 2.29. The SMILES string of the molecule is CC(=O)c1sc(N2CC(C)OC(CO)C2)nc1C(=O)O. The summed E-state index contributed by atoms with van der Waals surface area (Å²) in [6.45, 7) is 4.04. The van der Waals surface area contributed by atoms with Gasteiger partial charge in [-0.05, 0) is 6.92 Å². The number of aliphatic hydroxyl groups excluding tert-OH is 1. The van der Waals surface area contributed by atoms with Gasteiger partial charge in [0.1, 0.15) is 4.88 Å². The number of ketones is 1. The number of rotatable bonds is 4. The molecule has 8 heteroatoms. The van der Waals surface area contributed by atoms with Crippen LogP contribution >= 0.6 is 11.3 Å². The molecule has 20 heavy (non-hydrogen) atoms. The van der Waals surface area contributed by atoms with E-state index in [2.05, 4.69) is 4.98 Å². The third kappa shape index (κ3) is 2.97. The number of nitrogens with zero attached hydrogens (tertiary/aromatic N) is 2. The second-order valence-corrected chi connectivity index (χ2v) is 5.67. The number of anilines is 1. The lowest BCUT2D eigenvalue weighted by atomic mass is 10.2. The van der Waals surface area contributed by atoms with Gasteiger partial charge in [-0.25, -0.2) is 9.78 Å². The molecular weight excluding hydrogens is 284 g/mol. The number of aromatic nitrogens is 1. The molecule has 1 saturated heterocycles. The minimum atomic E-state index is -1.21. The lowest BCUT2D eigenvalue weighted by Gasteiger charge is -2.35. The molecule has 0 radical (unpaired) electrons. The summed E-state index contributed by atoms with van der Waals surface area (Å²) in [6, 6.07) is 0. The fourth-order valence-corrected chi connectivity index (χ4v) is 3.10. The van der Waals surface area contributed by atoms with Crippen molar-refractivity contribution in [1.29, 1.82) is 0 Å². The van der Waals surface area contributed by atoms with Gasteiger partial charge in [0, 0.05) is 20.0 Å². The van der Waals surface area contributed by atoms with E-state index in [1.807, 2.05) is 11.8 Å². The Morgan fingerprint density at radius 2 is 2.20 bits per heavy atom. The van der Waals surface area contributed by atoms with E-state index in [9.17, 15) is 14.7 Å². The minimum absolute atomic E-state index is 0.0983. The lowest BCUT2D eigenvalue weighted by molar-refractivity contribution is -0.0421. The molecule has 0 amide bonds. The van der Waals surface area contributed by atoms with Crippen molar-refractivity contribution >= 4 is 28.2 Å². The Balaban J connectivity index is 2.30. The minimum Gasteiger partial charge on any atom is -0.476 e. The van der Waals surface area contributed by atoms with Crippen molar-refractivity contribution < 1.29 is 24.5 Å². The third-order valence-electron chi connectivity index (χ3n) is 2.94. The summed E-state index contributed by atoms with van der Waals surface area (Å²) in [4.78, 5) is 28.6. The van der Waals surface area contributed by atoms with Crippen LogP contribution in [0.4, 0.5) is 5.13 Å². The quantitative estimate of drug-likeness (QED) is 0.787. The van der Waals surface area contributed by atoms with E-state index in [1.165, 1.54) is 6.92 Å². The van der Waals surface area contributed by atoms with Crippen LogP contribution in [0.5, 0.6) is 0 Å². The number of hydrogen-bond acceptors (Lipinski definition) is 7. The topological polar surface area (TPSA) is 100.0 Å². The van der Waals surface area contributed by atoms with Crippen molar-refractivity contribution in [1.82, 2.24) is 4.98 Å². The third-order valence-corrected chi connectivity index (χ3v) is 4.16. The highest BCUT2D eigenvalue weighted by Crippen LogP contribution is 2.29. The molecule has 0 aromatic carbocycles. The number of Topliss-reactive ketones (excluding diaryl/α,β-unsaturated/α-hetero) is 1.